The maximum atomic E-state index is 11.6. The minimum atomic E-state index is -0.460. The van der Waals surface area contributed by atoms with Gasteiger partial charge in [-0.15, -0.1) is 0 Å². The Morgan fingerprint density at radius 1 is 1.43 bits per heavy atom. The average Bonchev–Trinajstić information content (AvgIpc) is 2.01. The zero-order valence-electron chi connectivity index (χ0n) is 9.29. The van der Waals surface area contributed by atoms with Crippen molar-refractivity contribution in [1.82, 2.24) is 5.32 Å². The van der Waals surface area contributed by atoms with Crippen molar-refractivity contribution in [2.45, 2.75) is 45.5 Å². The van der Waals surface area contributed by atoms with Crippen LogP contribution in [0.25, 0.3) is 0 Å². The van der Waals surface area contributed by atoms with Gasteiger partial charge in [0.05, 0.1) is 6.10 Å². The average molecular weight is 201 g/mol. The highest BCUT2D eigenvalue weighted by Crippen LogP contribution is 2.12. The van der Waals surface area contributed by atoms with Crippen molar-refractivity contribution in [3.05, 3.63) is 0 Å². The van der Waals surface area contributed by atoms with Crippen LogP contribution in [0.15, 0.2) is 0 Å². The number of carbonyl (C=O) groups excluding carboxylic acids is 1. The van der Waals surface area contributed by atoms with Gasteiger partial charge in [0, 0.05) is 13.1 Å². The monoisotopic (exact) mass is 201 g/mol. The Labute approximate surface area is 85.0 Å². The molecule has 4 heteroatoms. The third kappa shape index (κ3) is 3.64. The summed E-state index contributed by atoms with van der Waals surface area (Å²) in [6.45, 7) is 8.82. The second-order valence-electron chi connectivity index (χ2n) is 4.63. The number of rotatable bonds is 1. The van der Waals surface area contributed by atoms with E-state index in [1.165, 1.54) is 0 Å². The van der Waals surface area contributed by atoms with E-state index in [0.717, 1.165) is 6.54 Å². The lowest BCUT2D eigenvalue weighted by atomic mass is 10.2. The van der Waals surface area contributed by atoms with E-state index in [1.807, 2.05) is 27.7 Å². The first-order valence-corrected chi connectivity index (χ1v) is 4.97. The zero-order valence-corrected chi connectivity index (χ0v) is 9.29. The van der Waals surface area contributed by atoms with Crippen LogP contribution in [0.1, 0.15) is 27.7 Å². The highest BCUT2D eigenvalue weighted by molar-refractivity contribution is 5.75. The molecule has 1 saturated heterocycles. The van der Waals surface area contributed by atoms with Crippen molar-refractivity contribution in [2.75, 3.05) is 13.1 Å². The molecule has 1 aliphatic rings. The second-order valence-corrected chi connectivity index (χ2v) is 4.63. The van der Waals surface area contributed by atoms with Crippen LogP contribution in [0.5, 0.6) is 0 Å². The zero-order chi connectivity index (χ0) is 10.8. The van der Waals surface area contributed by atoms with Crippen molar-refractivity contribution in [1.29, 1.82) is 0 Å². The SMILES string of the molecule is C[C@@H]1CNC[C@@H](C(=O)OC(C)(C)C)O1. The van der Waals surface area contributed by atoms with Gasteiger partial charge in [0.1, 0.15) is 5.60 Å². The van der Waals surface area contributed by atoms with E-state index in [0.29, 0.717) is 6.54 Å². The predicted octanol–water partition coefficient (Wildman–Crippen LogP) is 0.705. The molecule has 0 unspecified atom stereocenters. The van der Waals surface area contributed by atoms with Gasteiger partial charge in [0.15, 0.2) is 6.10 Å². The van der Waals surface area contributed by atoms with E-state index in [4.69, 9.17) is 9.47 Å². The summed E-state index contributed by atoms with van der Waals surface area (Å²) in [7, 11) is 0. The Balaban J connectivity index is 2.44. The first kappa shape index (κ1) is 11.5. The molecule has 1 fully saturated rings. The van der Waals surface area contributed by atoms with Crippen molar-refractivity contribution >= 4 is 5.97 Å². The third-order valence-corrected chi connectivity index (χ3v) is 1.83. The lowest BCUT2D eigenvalue weighted by Gasteiger charge is -2.29. The van der Waals surface area contributed by atoms with Crippen LogP contribution in [-0.2, 0) is 14.3 Å². The summed E-state index contributed by atoms with van der Waals surface area (Å²) >= 11 is 0. The summed E-state index contributed by atoms with van der Waals surface area (Å²) in [5, 5.41) is 3.13. The maximum Gasteiger partial charge on any atom is 0.337 e. The minimum absolute atomic E-state index is 0.0706. The van der Waals surface area contributed by atoms with Crippen LogP contribution >= 0.6 is 0 Å². The predicted molar refractivity (Wildman–Crippen MR) is 53.0 cm³/mol. The molecule has 1 heterocycles. The topological polar surface area (TPSA) is 47.6 Å². The smallest absolute Gasteiger partial charge is 0.337 e. The van der Waals surface area contributed by atoms with E-state index in [1.54, 1.807) is 0 Å². The highest BCUT2D eigenvalue weighted by Gasteiger charge is 2.29. The Morgan fingerprint density at radius 3 is 2.57 bits per heavy atom. The molecule has 0 aromatic carbocycles. The molecule has 0 spiro atoms. The van der Waals surface area contributed by atoms with Crippen LogP contribution in [0, 0.1) is 0 Å². The molecule has 0 bridgehead atoms. The fourth-order valence-corrected chi connectivity index (χ4v) is 1.30. The summed E-state index contributed by atoms with van der Waals surface area (Å²) in [5.74, 6) is -0.281. The number of hydrogen-bond acceptors (Lipinski definition) is 4. The molecule has 1 N–H and O–H groups in total. The molecule has 14 heavy (non-hydrogen) atoms. The van der Waals surface area contributed by atoms with Gasteiger partial charge in [-0.2, -0.15) is 0 Å². The van der Waals surface area contributed by atoms with Gasteiger partial charge in [0.2, 0.25) is 0 Å². The number of hydrogen-bond donors (Lipinski definition) is 1. The largest absolute Gasteiger partial charge is 0.458 e. The molecule has 0 aromatic rings. The molecule has 0 aliphatic carbocycles. The van der Waals surface area contributed by atoms with E-state index in [-0.39, 0.29) is 12.1 Å². The Hall–Kier alpha value is -0.610. The maximum absolute atomic E-state index is 11.6. The summed E-state index contributed by atoms with van der Waals surface area (Å²) < 4.78 is 10.7. The standard InChI is InChI=1S/C10H19NO3/c1-7-5-11-6-8(13-7)9(12)14-10(2,3)4/h7-8,11H,5-6H2,1-4H3/t7-,8+/m1/s1. The first-order valence-electron chi connectivity index (χ1n) is 4.97. The number of morpholine rings is 1. The molecule has 0 aromatic heterocycles. The number of nitrogens with one attached hydrogen (secondary N) is 1. The van der Waals surface area contributed by atoms with E-state index in [9.17, 15) is 4.79 Å². The summed E-state index contributed by atoms with van der Waals surface area (Å²) in [4.78, 5) is 11.6. The van der Waals surface area contributed by atoms with Crippen LogP contribution in [0.2, 0.25) is 0 Å². The minimum Gasteiger partial charge on any atom is -0.458 e. The molecule has 1 rings (SSSR count). The van der Waals surface area contributed by atoms with Gasteiger partial charge in [-0.25, -0.2) is 4.79 Å². The first-order chi connectivity index (χ1) is 6.38. The van der Waals surface area contributed by atoms with Gasteiger partial charge in [-0.3, -0.25) is 0 Å². The fraction of sp³-hybridized carbons (Fsp3) is 0.900. The molecule has 82 valence electrons. The quantitative estimate of drug-likeness (QED) is 0.635. The van der Waals surface area contributed by atoms with Crippen molar-refractivity contribution in [3.8, 4) is 0 Å². The van der Waals surface area contributed by atoms with Crippen molar-refractivity contribution < 1.29 is 14.3 Å². The van der Waals surface area contributed by atoms with Gasteiger partial charge in [-0.1, -0.05) is 0 Å². The lowest BCUT2D eigenvalue weighted by molar-refractivity contribution is -0.174. The van der Waals surface area contributed by atoms with Crippen LogP contribution in [-0.4, -0.2) is 36.9 Å². The van der Waals surface area contributed by atoms with Crippen LogP contribution in [0.3, 0.4) is 0 Å². The Kier molecular flexibility index (Phi) is 3.50. The van der Waals surface area contributed by atoms with Gasteiger partial charge < -0.3 is 14.8 Å². The molecule has 0 saturated carbocycles. The summed E-state index contributed by atoms with van der Waals surface area (Å²) in [6, 6.07) is 0. The van der Waals surface area contributed by atoms with Crippen molar-refractivity contribution in [2.24, 2.45) is 0 Å². The van der Waals surface area contributed by atoms with E-state index in [2.05, 4.69) is 5.32 Å². The van der Waals surface area contributed by atoms with Crippen LogP contribution in [0.4, 0.5) is 0 Å². The van der Waals surface area contributed by atoms with Gasteiger partial charge in [0.25, 0.3) is 0 Å². The molecule has 4 nitrogen and oxygen atoms in total. The Bertz CT molecular complexity index is 210. The molecule has 1 aliphatic heterocycles. The molecular formula is C10H19NO3. The van der Waals surface area contributed by atoms with E-state index < -0.39 is 11.7 Å². The lowest BCUT2D eigenvalue weighted by Crippen LogP contribution is -2.48. The second kappa shape index (κ2) is 4.28. The normalized spacial score (nSPS) is 28.6. The van der Waals surface area contributed by atoms with Crippen LogP contribution < -0.4 is 5.32 Å². The van der Waals surface area contributed by atoms with E-state index >= 15 is 0 Å². The molecule has 2 atom stereocenters. The third-order valence-electron chi connectivity index (χ3n) is 1.83. The molecular weight excluding hydrogens is 182 g/mol. The van der Waals surface area contributed by atoms with Gasteiger partial charge >= 0.3 is 5.97 Å². The fourth-order valence-electron chi connectivity index (χ4n) is 1.30. The number of ether oxygens (including phenoxy) is 2. The Morgan fingerprint density at radius 2 is 2.07 bits per heavy atom. The molecule has 0 radical (unpaired) electrons. The van der Waals surface area contributed by atoms with Crippen molar-refractivity contribution in [3.63, 3.8) is 0 Å². The molecule has 0 amide bonds. The number of carbonyl (C=O) groups is 1. The highest BCUT2D eigenvalue weighted by atomic mass is 16.6. The van der Waals surface area contributed by atoms with Gasteiger partial charge in [-0.05, 0) is 27.7 Å². The summed E-state index contributed by atoms with van der Waals surface area (Å²) in [5.41, 5.74) is -0.443. The summed E-state index contributed by atoms with van der Waals surface area (Å²) in [6.07, 6.45) is -0.390. The number of esters is 1.